The predicted molar refractivity (Wildman–Crippen MR) is 98.4 cm³/mol. The number of β-amino-alcohol motifs (C(OH)–C–C–N with tert-alkyl or cyclic N) is 1. The molecule has 1 aliphatic heterocycles. The molecule has 1 aliphatic rings. The zero-order valence-corrected chi connectivity index (χ0v) is 14.6. The Hall–Kier alpha value is -2.57. The number of carbonyl (C=O) groups excluding carboxylic acids is 1. The third-order valence-corrected chi connectivity index (χ3v) is 4.25. The minimum Gasteiger partial charge on any atom is -0.494 e. The second-order valence-electron chi connectivity index (χ2n) is 6.27. The molecule has 2 aromatic carbocycles. The van der Waals surface area contributed by atoms with Crippen molar-refractivity contribution in [2.75, 3.05) is 26.2 Å². The van der Waals surface area contributed by atoms with Gasteiger partial charge in [0.05, 0.1) is 19.7 Å². The topological polar surface area (TPSA) is 85.0 Å². The molecule has 138 valence electrons. The molecule has 0 saturated carbocycles. The molecule has 0 radical (unpaired) electrons. The van der Waals surface area contributed by atoms with Gasteiger partial charge in [0.1, 0.15) is 23.7 Å². The Kier molecular flexibility index (Phi) is 6.09. The average molecular weight is 356 g/mol. The second-order valence-corrected chi connectivity index (χ2v) is 6.27. The minimum absolute atomic E-state index is 0.146. The van der Waals surface area contributed by atoms with E-state index in [0.29, 0.717) is 36.8 Å². The molecular weight excluding hydrogens is 332 g/mol. The maximum absolute atomic E-state index is 12.8. The number of nitrogens with two attached hydrogens (primary N) is 1. The lowest BCUT2D eigenvalue weighted by Crippen LogP contribution is -2.31. The van der Waals surface area contributed by atoms with E-state index in [-0.39, 0.29) is 12.5 Å². The zero-order chi connectivity index (χ0) is 18.4. The van der Waals surface area contributed by atoms with Crippen molar-refractivity contribution in [3.05, 3.63) is 60.2 Å². The van der Waals surface area contributed by atoms with Crippen LogP contribution in [0.1, 0.15) is 16.8 Å². The summed E-state index contributed by atoms with van der Waals surface area (Å²) in [5.41, 5.74) is 5.99. The van der Waals surface area contributed by atoms with E-state index in [4.69, 9.17) is 15.2 Å². The molecule has 3 N–H and O–H groups in total. The number of aliphatic hydroxyl groups excluding tert-OH is 1. The smallest absolute Gasteiger partial charge is 0.254 e. The fourth-order valence-corrected chi connectivity index (χ4v) is 2.89. The molecule has 2 atom stereocenters. The van der Waals surface area contributed by atoms with Crippen molar-refractivity contribution in [1.82, 2.24) is 4.90 Å². The Bertz CT molecular complexity index is 723. The van der Waals surface area contributed by atoms with Crippen LogP contribution in [0.3, 0.4) is 0 Å². The first kappa shape index (κ1) is 18.2. The van der Waals surface area contributed by atoms with Gasteiger partial charge in [-0.25, -0.2) is 0 Å². The average Bonchev–Trinajstić information content (AvgIpc) is 3.03. The third-order valence-electron chi connectivity index (χ3n) is 4.25. The fraction of sp³-hybridized carbons (Fsp3) is 0.350. The van der Waals surface area contributed by atoms with Crippen molar-refractivity contribution >= 4 is 5.91 Å². The standard InChI is InChI=1S/C20H24N2O4/c21-10-5-11-25-17-9-4-6-15(12-17)20(24)22-13-18(23)19(14-22)26-16-7-2-1-3-8-16/h1-4,6-9,12,18-19,23H,5,10-11,13-14,21H2/t18-,19-/m1/s1. The van der Waals surface area contributed by atoms with Gasteiger partial charge in [-0.05, 0) is 43.3 Å². The van der Waals surface area contributed by atoms with Crippen LogP contribution in [-0.4, -0.2) is 54.4 Å². The van der Waals surface area contributed by atoms with E-state index in [1.165, 1.54) is 0 Å². The quantitative estimate of drug-likeness (QED) is 0.738. The van der Waals surface area contributed by atoms with Gasteiger partial charge in [0, 0.05) is 5.56 Å². The summed E-state index contributed by atoms with van der Waals surface area (Å²) in [6.45, 7) is 1.67. The van der Waals surface area contributed by atoms with Crippen LogP contribution in [0.2, 0.25) is 0 Å². The first-order chi connectivity index (χ1) is 12.7. The van der Waals surface area contributed by atoms with Crippen molar-refractivity contribution in [2.45, 2.75) is 18.6 Å². The Morgan fingerprint density at radius 2 is 1.88 bits per heavy atom. The number of benzene rings is 2. The van der Waals surface area contributed by atoms with E-state index in [2.05, 4.69) is 0 Å². The number of para-hydroxylation sites is 1. The van der Waals surface area contributed by atoms with Gasteiger partial charge in [0.2, 0.25) is 0 Å². The SMILES string of the molecule is NCCCOc1cccc(C(=O)N2C[C@@H](O)[C@H](Oc3ccccc3)C2)c1. The third kappa shape index (κ3) is 4.53. The van der Waals surface area contributed by atoms with Crippen LogP contribution in [0.4, 0.5) is 0 Å². The predicted octanol–water partition coefficient (Wildman–Crippen LogP) is 1.68. The summed E-state index contributed by atoms with van der Waals surface area (Å²) >= 11 is 0. The van der Waals surface area contributed by atoms with E-state index in [1.807, 2.05) is 36.4 Å². The van der Waals surface area contributed by atoms with Crippen LogP contribution >= 0.6 is 0 Å². The lowest BCUT2D eigenvalue weighted by atomic mass is 10.2. The van der Waals surface area contributed by atoms with Crippen LogP contribution in [0.5, 0.6) is 11.5 Å². The van der Waals surface area contributed by atoms with E-state index in [1.54, 1.807) is 23.1 Å². The summed E-state index contributed by atoms with van der Waals surface area (Å²) in [4.78, 5) is 14.4. The molecule has 1 heterocycles. The van der Waals surface area contributed by atoms with Crippen LogP contribution < -0.4 is 15.2 Å². The van der Waals surface area contributed by atoms with Gasteiger partial charge in [-0.3, -0.25) is 4.79 Å². The summed E-state index contributed by atoms with van der Waals surface area (Å²) < 4.78 is 11.4. The van der Waals surface area contributed by atoms with Crippen molar-refractivity contribution < 1.29 is 19.4 Å². The molecule has 6 nitrogen and oxygen atoms in total. The highest BCUT2D eigenvalue weighted by molar-refractivity contribution is 5.94. The van der Waals surface area contributed by atoms with Gasteiger partial charge in [0.15, 0.2) is 0 Å². The monoisotopic (exact) mass is 356 g/mol. The highest BCUT2D eigenvalue weighted by Crippen LogP contribution is 2.22. The summed E-state index contributed by atoms with van der Waals surface area (Å²) in [6.07, 6.45) is -0.400. The molecule has 0 unspecified atom stereocenters. The highest BCUT2D eigenvalue weighted by Gasteiger charge is 2.36. The molecule has 2 aromatic rings. The lowest BCUT2D eigenvalue weighted by Gasteiger charge is -2.17. The number of aliphatic hydroxyl groups is 1. The first-order valence-electron chi connectivity index (χ1n) is 8.79. The molecule has 6 heteroatoms. The number of nitrogens with zero attached hydrogens (tertiary/aromatic N) is 1. The Morgan fingerprint density at radius 1 is 1.12 bits per heavy atom. The van der Waals surface area contributed by atoms with Gasteiger partial charge in [0.25, 0.3) is 5.91 Å². The van der Waals surface area contributed by atoms with Crippen LogP contribution in [0, 0.1) is 0 Å². The number of hydrogen-bond donors (Lipinski definition) is 2. The molecule has 1 fully saturated rings. The largest absolute Gasteiger partial charge is 0.494 e. The summed E-state index contributed by atoms with van der Waals surface area (Å²) in [5.74, 6) is 1.18. The second kappa shape index (κ2) is 8.69. The summed E-state index contributed by atoms with van der Waals surface area (Å²) in [6, 6.07) is 16.4. The molecule has 0 spiro atoms. The van der Waals surface area contributed by atoms with Gasteiger partial charge >= 0.3 is 0 Å². The first-order valence-corrected chi connectivity index (χ1v) is 8.79. The maximum atomic E-state index is 12.8. The van der Waals surface area contributed by atoms with Crippen molar-refractivity contribution in [2.24, 2.45) is 5.73 Å². The van der Waals surface area contributed by atoms with Crippen molar-refractivity contribution in [3.63, 3.8) is 0 Å². The van der Waals surface area contributed by atoms with E-state index < -0.39 is 12.2 Å². The van der Waals surface area contributed by atoms with E-state index in [9.17, 15) is 9.90 Å². The number of ether oxygens (including phenoxy) is 2. The molecule has 0 aromatic heterocycles. The van der Waals surface area contributed by atoms with Crippen LogP contribution in [-0.2, 0) is 0 Å². The van der Waals surface area contributed by atoms with Crippen LogP contribution in [0.25, 0.3) is 0 Å². The Balaban J connectivity index is 1.62. The number of likely N-dealkylation sites (tertiary alicyclic amines) is 1. The van der Waals surface area contributed by atoms with Gasteiger partial charge < -0.3 is 25.2 Å². The van der Waals surface area contributed by atoms with Crippen LogP contribution in [0.15, 0.2) is 54.6 Å². The van der Waals surface area contributed by atoms with Gasteiger partial charge in [-0.2, -0.15) is 0 Å². The molecule has 0 bridgehead atoms. The fourth-order valence-electron chi connectivity index (χ4n) is 2.89. The minimum atomic E-state index is -0.719. The maximum Gasteiger partial charge on any atom is 0.254 e. The molecule has 0 aliphatic carbocycles. The number of hydrogen-bond acceptors (Lipinski definition) is 5. The van der Waals surface area contributed by atoms with E-state index in [0.717, 1.165) is 6.42 Å². The molecular formula is C20H24N2O4. The van der Waals surface area contributed by atoms with Crippen molar-refractivity contribution in [1.29, 1.82) is 0 Å². The molecule has 3 rings (SSSR count). The number of carbonyl (C=O) groups is 1. The van der Waals surface area contributed by atoms with Crippen molar-refractivity contribution in [3.8, 4) is 11.5 Å². The highest BCUT2D eigenvalue weighted by atomic mass is 16.5. The van der Waals surface area contributed by atoms with Gasteiger partial charge in [-0.1, -0.05) is 24.3 Å². The van der Waals surface area contributed by atoms with Gasteiger partial charge in [-0.15, -0.1) is 0 Å². The normalized spacial score (nSPS) is 19.4. The summed E-state index contributed by atoms with van der Waals surface area (Å²) in [5, 5.41) is 10.3. The summed E-state index contributed by atoms with van der Waals surface area (Å²) in [7, 11) is 0. The molecule has 26 heavy (non-hydrogen) atoms. The lowest BCUT2D eigenvalue weighted by molar-refractivity contribution is 0.0729. The molecule has 1 amide bonds. The Labute approximate surface area is 153 Å². The number of amides is 1. The molecule has 1 saturated heterocycles. The zero-order valence-electron chi connectivity index (χ0n) is 14.6. The Morgan fingerprint density at radius 3 is 2.65 bits per heavy atom. The van der Waals surface area contributed by atoms with E-state index >= 15 is 0 Å². The number of rotatable bonds is 7.